The van der Waals surface area contributed by atoms with Crippen LogP contribution < -0.4 is 0 Å². The molecule has 1 saturated heterocycles. The van der Waals surface area contributed by atoms with Crippen LogP contribution in [-0.2, 0) is 6.54 Å². The van der Waals surface area contributed by atoms with Crippen LogP contribution in [0.4, 0.5) is 0 Å². The van der Waals surface area contributed by atoms with Crippen molar-refractivity contribution in [2.45, 2.75) is 40.2 Å². The van der Waals surface area contributed by atoms with Crippen LogP contribution in [0, 0.1) is 13.8 Å². The van der Waals surface area contributed by atoms with Crippen molar-refractivity contribution in [2.24, 2.45) is 0 Å². The Morgan fingerprint density at radius 1 is 1.29 bits per heavy atom. The van der Waals surface area contributed by atoms with Crippen molar-refractivity contribution in [1.82, 2.24) is 9.47 Å². The normalized spacial score (nSPS) is 16.6. The summed E-state index contributed by atoms with van der Waals surface area (Å²) in [6.07, 6.45) is 2.47. The largest absolute Gasteiger partial charge is 0.349 e. The lowest BCUT2D eigenvalue weighted by molar-refractivity contribution is 0.0944. The Morgan fingerprint density at radius 2 is 1.94 bits per heavy atom. The van der Waals surface area contributed by atoms with E-state index in [1.807, 2.05) is 13.0 Å². The number of carbonyl (C=O) groups excluding carboxylic acids is 1. The van der Waals surface area contributed by atoms with Crippen LogP contribution >= 0.6 is 0 Å². The maximum absolute atomic E-state index is 12.2. The highest BCUT2D eigenvalue weighted by molar-refractivity contribution is 5.99. The summed E-state index contributed by atoms with van der Waals surface area (Å²) in [7, 11) is 0. The molecule has 0 bridgehead atoms. The third-order valence-electron chi connectivity index (χ3n) is 3.76. The van der Waals surface area contributed by atoms with E-state index in [1.165, 1.54) is 18.5 Å². The van der Waals surface area contributed by atoms with Gasteiger partial charge in [-0.25, -0.2) is 0 Å². The number of aromatic nitrogens is 1. The van der Waals surface area contributed by atoms with Crippen molar-refractivity contribution >= 4 is 5.78 Å². The van der Waals surface area contributed by atoms with E-state index in [0.29, 0.717) is 6.54 Å². The molecule has 0 aliphatic carbocycles. The Labute approximate surface area is 103 Å². The number of hydrogen-bond donors (Lipinski definition) is 0. The highest BCUT2D eigenvalue weighted by Crippen LogP contribution is 2.17. The molecule has 94 valence electrons. The highest BCUT2D eigenvalue weighted by Gasteiger charge is 2.19. The summed E-state index contributed by atoms with van der Waals surface area (Å²) in [6.45, 7) is 9.94. The molecule has 0 N–H and O–H groups in total. The summed E-state index contributed by atoms with van der Waals surface area (Å²) in [4.78, 5) is 14.5. The van der Waals surface area contributed by atoms with Gasteiger partial charge in [-0.3, -0.25) is 9.69 Å². The van der Waals surface area contributed by atoms with Crippen LogP contribution in [0.25, 0.3) is 0 Å². The van der Waals surface area contributed by atoms with Gasteiger partial charge >= 0.3 is 0 Å². The average Bonchev–Trinajstić information content (AvgIpc) is 2.87. The van der Waals surface area contributed by atoms with Crippen molar-refractivity contribution in [3.63, 3.8) is 0 Å². The van der Waals surface area contributed by atoms with Crippen LogP contribution in [0.15, 0.2) is 6.07 Å². The Kier molecular flexibility index (Phi) is 3.67. The molecule has 1 aromatic rings. The maximum atomic E-state index is 12.2. The Hall–Kier alpha value is -1.09. The van der Waals surface area contributed by atoms with Crippen LogP contribution in [0.3, 0.4) is 0 Å². The summed E-state index contributed by atoms with van der Waals surface area (Å²) in [5.74, 6) is 0.278. The van der Waals surface area contributed by atoms with Gasteiger partial charge in [-0.05, 0) is 52.8 Å². The molecule has 0 atom stereocenters. The Balaban J connectivity index is 2.13. The first-order valence-corrected chi connectivity index (χ1v) is 6.55. The number of hydrogen-bond acceptors (Lipinski definition) is 2. The third kappa shape index (κ3) is 2.44. The minimum absolute atomic E-state index is 0.278. The van der Waals surface area contributed by atoms with Gasteiger partial charge in [-0.1, -0.05) is 0 Å². The zero-order valence-corrected chi connectivity index (χ0v) is 11.1. The Morgan fingerprint density at radius 3 is 2.47 bits per heavy atom. The molecule has 1 fully saturated rings. The number of aryl methyl sites for hydroxylation is 1. The molecule has 2 heterocycles. The summed E-state index contributed by atoms with van der Waals surface area (Å²) in [5, 5.41) is 0. The van der Waals surface area contributed by atoms with Crippen LogP contribution in [0.5, 0.6) is 0 Å². The molecule has 1 aromatic heterocycles. The lowest BCUT2D eigenvalue weighted by atomic mass is 10.1. The first kappa shape index (κ1) is 12.4. The number of ketones is 1. The fraction of sp³-hybridized carbons (Fsp3) is 0.643. The van der Waals surface area contributed by atoms with Gasteiger partial charge in [0.1, 0.15) is 0 Å². The van der Waals surface area contributed by atoms with Gasteiger partial charge in [0.25, 0.3) is 0 Å². The van der Waals surface area contributed by atoms with Crippen LogP contribution in [0.1, 0.15) is 41.5 Å². The van der Waals surface area contributed by atoms with E-state index in [-0.39, 0.29) is 5.78 Å². The molecule has 0 radical (unpaired) electrons. The average molecular weight is 234 g/mol. The quantitative estimate of drug-likeness (QED) is 0.747. The zero-order chi connectivity index (χ0) is 12.4. The Bertz CT molecular complexity index is 414. The number of carbonyl (C=O) groups is 1. The number of nitrogens with zero attached hydrogens (tertiary/aromatic N) is 2. The predicted molar refractivity (Wildman–Crippen MR) is 69.6 cm³/mol. The molecule has 0 amide bonds. The van der Waals surface area contributed by atoms with E-state index in [9.17, 15) is 4.79 Å². The number of Topliss-reactive ketones (excluding diaryl/α,β-unsaturated/α-hetero) is 1. The second-order valence-electron chi connectivity index (χ2n) is 4.94. The molecule has 0 aromatic carbocycles. The fourth-order valence-corrected chi connectivity index (χ4v) is 2.80. The SMILES string of the molecule is CCn1c(C)cc(C(=O)CN2CCCC2)c1C. The molecular weight excluding hydrogens is 212 g/mol. The molecule has 1 aliphatic heterocycles. The molecule has 0 saturated carbocycles. The monoisotopic (exact) mass is 234 g/mol. The first-order valence-electron chi connectivity index (χ1n) is 6.55. The van der Waals surface area contributed by atoms with Gasteiger partial charge in [0.15, 0.2) is 5.78 Å². The van der Waals surface area contributed by atoms with Gasteiger partial charge in [0.2, 0.25) is 0 Å². The van der Waals surface area contributed by atoms with Crippen LogP contribution in [0.2, 0.25) is 0 Å². The van der Waals surface area contributed by atoms with Crippen molar-refractivity contribution in [3.8, 4) is 0 Å². The zero-order valence-electron chi connectivity index (χ0n) is 11.1. The smallest absolute Gasteiger partial charge is 0.178 e. The molecule has 2 rings (SSSR count). The predicted octanol–water partition coefficient (Wildman–Crippen LogP) is 2.40. The van der Waals surface area contributed by atoms with E-state index in [1.54, 1.807) is 0 Å². The molecule has 3 heteroatoms. The van der Waals surface area contributed by atoms with Crippen molar-refractivity contribution < 1.29 is 4.79 Å². The third-order valence-corrected chi connectivity index (χ3v) is 3.76. The van der Waals surface area contributed by atoms with Crippen molar-refractivity contribution in [3.05, 3.63) is 23.0 Å². The van der Waals surface area contributed by atoms with Gasteiger partial charge in [-0.15, -0.1) is 0 Å². The number of rotatable bonds is 4. The molecule has 17 heavy (non-hydrogen) atoms. The van der Waals surface area contributed by atoms with E-state index >= 15 is 0 Å². The lowest BCUT2D eigenvalue weighted by Crippen LogP contribution is -2.27. The van der Waals surface area contributed by atoms with Gasteiger partial charge in [0.05, 0.1) is 6.54 Å². The summed E-state index contributed by atoms with van der Waals surface area (Å²) >= 11 is 0. The second-order valence-corrected chi connectivity index (χ2v) is 4.94. The van der Waals surface area contributed by atoms with E-state index in [2.05, 4.69) is 23.3 Å². The number of likely N-dealkylation sites (tertiary alicyclic amines) is 1. The maximum Gasteiger partial charge on any atom is 0.178 e. The lowest BCUT2D eigenvalue weighted by Gasteiger charge is -2.13. The van der Waals surface area contributed by atoms with E-state index < -0.39 is 0 Å². The van der Waals surface area contributed by atoms with Gasteiger partial charge in [0, 0.05) is 23.5 Å². The van der Waals surface area contributed by atoms with E-state index in [4.69, 9.17) is 0 Å². The fourth-order valence-electron chi connectivity index (χ4n) is 2.80. The van der Waals surface area contributed by atoms with Gasteiger partial charge in [-0.2, -0.15) is 0 Å². The summed E-state index contributed by atoms with van der Waals surface area (Å²) in [6, 6.07) is 2.04. The molecule has 0 spiro atoms. The highest BCUT2D eigenvalue weighted by atomic mass is 16.1. The minimum Gasteiger partial charge on any atom is -0.349 e. The van der Waals surface area contributed by atoms with E-state index in [0.717, 1.165) is 30.9 Å². The summed E-state index contributed by atoms with van der Waals surface area (Å²) < 4.78 is 2.21. The first-order chi connectivity index (χ1) is 8.13. The second kappa shape index (κ2) is 5.05. The topological polar surface area (TPSA) is 25.2 Å². The van der Waals surface area contributed by atoms with Crippen LogP contribution in [-0.4, -0.2) is 34.9 Å². The molecular formula is C14H22N2O. The molecule has 3 nitrogen and oxygen atoms in total. The standard InChI is InChI=1S/C14H22N2O/c1-4-16-11(2)9-13(12(16)3)14(17)10-15-7-5-6-8-15/h9H,4-8,10H2,1-3H3. The van der Waals surface area contributed by atoms with Gasteiger partial charge < -0.3 is 4.57 Å². The van der Waals surface area contributed by atoms with Crippen molar-refractivity contribution in [2.75, 3.05) is 19.6 Å². The van der Waals surface area contributed by atoms with Crippen molar-refractivity contribution in [1.29, 1.82) is 0 Å². The molecule has 1 aliphatic rings. The summed E-state index contributed by atoms with van der Waals surface area (Å²) in [5.41, 5.74) is 3.22. The minimum atomic E-state index is 0.278. The molecule has 0 unspecified atom stereocenters.